The van der Waals surface area contributed by atoms with E-state index in [1.165, 1.54) is 0 Å². The van der Waals surface area contributed by atoms with E-state index in [9.17, 15) is 4.79 Å². The number of ether oxygens (including phenoxy) is 1. The van der Waals surface area contributed by atoms with Gasteiger partial charge in [-0.25, -0.2) is 4.98 Å². The Morgan fingerprint density at radius 2 is 1.85 bits per heavy atom. The molecule has 0 atom stereocenters. The molecule has 0 unspecified atom stereocenters. The van der Waals surface area contributed by atoms with Gasteiger partial charge in [-0.1, -0.05) is 18.2 Å². The number of hydrogen-bond acceptors (Lipinski definition) is 5. The second kappa shape index (κ2) is 8.62. The van der Waals surface area contributed by atoms with Crippen LogP contribution in [0.25, 0.3) is 0 Å². The summed E-state index contributed by atoms with van der Waals surface area (Å²) in [6.45, 7) is 1.04. The minimum Gasteiger partial charge on any atom is -0.497 e. The van der Waals surface area contributed by atoms with Crippen LogP contribution < -0.4 is 15.4 Å². The molecule has 132 valence electrons. The number of hydrogen-bond donors (Lipinski definition) is 2. The quantitative estimate of drug-likeness (QED) is 0.686. The summed E-state index contributed by atoms with van der Waals surface area (Å²) in [5, 5.41) is 6.08. The normalized spacial score (nSPS) is 10.2. The van der Waals surface area contributed by atoms with Crippen molar-refractivity contribution in [3.05, 3.63) is 83.9 Å². The smallest absolute Gasteiger partial charge is 0.270 e. The molecule has 6 nitrogen and oxygen atoms in total. The van der Waals surface area contributed by atoms with Gasteiger partial charge in [-0.2, -0.15) is 0 Å². The van der Waals surface area contributed by atoms with Crippen molar-refractivity contribution < 1.29 is 9.53 Å². The highest BCUT2D eigenvalue weighted by atomic mass is 16.5. The second-order valence-corrected chi connectivity index (χ2v) is 5.64. The van der Waals surface area contributed by atoms with Gasteiger partial charge in [-0.05, 0) is 42.0 Å². The number of pyridine rings is 2. The number of nitrogens with zero attached hydrogens (tertiary/aromatic N) is 2. The number of methoxy groups -OCH3 is 1. The zero-order chi connectivity index (χ0) is 18.2. The van der Waals surface area contributed by atoms with E-state index in [2.05, 4.69) is 20.6 Å². The minimum absolute atomic E-state index is 0.211. The average molecular weight is 348 g/mol. The molecule has 6 heteroatoms. The Labute approximate surface area is 152 Å². The van der Waals surface area contributed by atoms with E-state index in [-0.39, 0.29) is 5.91 Å². The molecule has 0 saturated carbocycles. The SMILES string of the molecule is COc1ccc(CNC(=O)c2ccc(NCc3ccccn3)cn2)cc1. The summed E-state index contributed by atoms with van der Waals surface area (Å²) in [5.41, 5.74) is 3.14. The van der Waals surface area contributed by atoms with E-state index in [4.69, 9.17) is 4.74 Å². The van der Waals surface area contributed by atoms with E-state index in [1.54, 1.807) is 25.6 Å². The third kappa shape index (κ3) is 4.80. The third-order valence-corrected chi connectivity index (χ3v) is 3.81. The number of aromatic nitrogens is 2. The first-order chi connectivity index (χ1) is 12.7. The Morgan fingerprint density at radius 3 is 2.50 bits per heavy atom. The summed E-state index contributed by atoms with van der Waals surface area (Å²) in [5.74, 6) is 0.577. The van der Waals surface area contributed by atoms with Crippen molar-refractivity contribution in [2.75, 3.05) is 12.4 Å². The van der Waals surface area contributed by atoms with Crippen molar-refractivity contribution in [2.24, 2.45) is 0 Å². The zero-order valence-corrected chi connectivity index (χ0v) is 14.5. The molecule has 2 aromatic heterocycles. The van der Waals surface area contributed by atoms with E-state index in [0.717, 1.165) is 22.7 Å². The van der Waals surface area contributed by atoms with E-state index in [0.29, 0.717) is 18.8 Å². The molecule has 0 spiro atoms. The van der Waals surface area contributed by atoms with Crippen LogP contribution in [0.1, 0.15) is 21.7 Å². The van der Waals surface area contributed by atoms with Crippen molar-refractivity contribution in [3.63, 3.8) is 0 Å². The van der Waals surface area contributed by atoms with Crippen molar-refractivity contribution in [1.29, 1.82) is 0 Å². The zero-order valence-electron chi connectivity index (χ0n) is 14.5. The number of carbonyl (C=O) groups is 1. The highest BCUT2D eigenvalue weighted by molar-refractivity contribution is 5.92. The largest absolute Gasteiger partial charge is 0.497 e. The van der Waals surface area contributed by atoms with E-state index in [1.807, 2.05) is 48.5 Å². The molecule has 26 heavy (non-hydrogen) atoms. The van der Waals surface area contributed by atoms with Gasteiger partial charge in [0.2, 0.25) is 0 Å². The molecule has 3 aromatic rings. The molecule has 0 aliphatic heterocycles. The van der Waals surface area contributed by atoms with Gasteiger partial charge in [0.1, 0.15) is 11.4 Å². The standard InChI is InChI=1S/C20H20N4O2/c1-26-18-8-5-15(6-9-18)12-24-20(25)19-10-7-17(14-23-19)22-13-16-4-2-3-11-21-16/h2-11,14,22H,12-13H2,1H3,(H,24,25). The van der Waals surface area contributed by atoms with Crippen molar-refractivity contribution >= 4 is 11.6 Å². The second-order valence-electron chi connectivity index (χ2n) is 5.64. The van der Waals surface area contributed by atoms with Crippen LogP contribution in [0.4, 0.5) is 5.69 Å². The first-order valence-corrected chi connectivity index (χ1v) is 8.25. The van der Waals surface area contributed by atoms with Gasteiger partial charge in [0.15, 0.2) is 0 Å². The number of benzene rings is 1. The minimum atomic E-state index is -0.211. The Balaban J connectivity index is 1.51. The first-order valence-electron chi connectivity index (χ1n) is 8.25. The number of amides is 1. The average Bonchev–Trinajstić information content (AvgIpc) is 2.72. The Hall–Kier alpha value is -3.41. The lowest BCUT2D eigenvalue weighted by Gasteiger charge is -2.08. The molecular formula is C20H20N4O2. The number of nitrogens with one attached hydrogen (secondary N) is 2. The van der Waals surface area contributed by atoms with Gasteiger partial charge in [0, 0.05) is 12.7 Å². The topological polar surface area (TPSA) is 76.1 Å². The summed E-state index contributed by atoms with van der Waals surface area (Å²) < 4.78 is 5.12. The van der Waals surface area contributed by atoms with Gasteiger partial charge < -0.3 is 15.4 Å². The molecule has 2 heterocycles. The third-order valence-electron chi connectivity index (χ3n) is 3.81. The number of rotatable bonds is 7. The van der Waals surface area contributed by atoms with Gasteiger partial charge in [-0.3, -0.25) is 9.78 Å². The monoisotopic (exact) mass is 348 g/mol. The fraction of sp³-hybridized carbons (Fsp3) is 0.150. The lowest BCUT2D eigenvalue weighted by Crippen LogP contribution is -2.23. The van der Waals surface area contributed by atoms with Gasteiger partial charge in [0.05, 0.1) is 31.2 Å². The van der Waals surface area contributed by atoms with Crippen LogP contribution in [0.2, 0.25) is 0 Å². The highest BCUT2D eigenvalue weighted by Gasteiger charge is 2.07. The maximum absolute atomic E-state index is 12.2. The number of anilines is 1. The molecule has 0 saturated heterocycles. The van der Waals surface area contributed by atoms with Gasteiger partial charge in [-0.15, -0.1) is 0 Å². The van der Waals surface area contributed by atoms with Crippen molar-refractivity contribution in [2.45, 2.75) is 13.1 Å². The summed E-state index contributed by atoms with van der Waals surface area (Å²) in [6.07, 6.45) is 3.40. The summed E-state index contributed by atoms with van der Waals surface area (Å²) in [6, 6.07) is 16.9. The van der Waals surface area contributed by atoms with Crippen LogP contribution in [0.5, 0.6) is 5.75 Å². The fourth-order valence-corrected chi connectivity index (χ4v) is 2.34. The Kier molecular flexibility index (Phi) is 5.77. The van der Waals surface area contributed by atoms with Crippen LogP contribution in [-0.2, 0) is 13.1 Å². The summed E-state index contributed by atoms with van der Waals surface area (Å²) in [7, 11) is 1.62. The van der Waals surface area contributed by atoms with Crippen LogP contribution in [-0.4, -0.2) is 23.0 Å². The van der Waals surface area contributed by atoms with Crippen LogP contribution >= 0.6 is 0 Å². The molecule has 0 fully saturated rings. The summed E-state index contributed by atoms with van der Waals surface area (Å²) in [4.78, 5) is 20.7. The highest BCUT2D eigenvalue weighted by Crippen LogP contribution is 2.11. The molecule has 3 rings (SSSR count). The van der Waals surface area contributed by atoms with Gasteiger partial charge in [0.25, 0.3) is 5.91 Å². The van der Waals surface area contributed by atoms with Crippen molar-refractivity contribution in [3.8, 4) is 5.75 Å². The predicted molar refractivity (Wildman–Crippen MR) is 100.0 cm³/mol. The predicted octanol–water partition coefficient (Wildman–Crippen LogP) is 3.03. The van der Waals surface area contributed by atoms with Crippen LogP contribution in [0.15, 0.2) is 67.0 Å². The molecule has 0 aliphatic carbocycles. The number of carbonyl (C=O) groups excluding carboxylic acids is 1. The van der Waals surface area contributed by atoms with Crippen LogP contribution in [0.3, 0.4) is 0 Å². The van der Waals surface area contributed by atoms with Crippen LogP contribution in [0, 0.1) is 0 Å². The molecule has 2 N–H and O–H groups in total. The molecular weight excluding hydrogens is 328 g/mol. The molecule has 1 aromatic carbocycles. The summed E-state index contributed by atoms with van der Waals surface area (Å²) >= 11 is 0. The van der Waals surface area contributed by atoms with E-state index >= 15 is 0 Å². The van der Waals surface area contributed by atoms with Gasteiger partial charge >= 0.3 is 0 Å². The van der Waals surface area contributed by atoms with E-state index < -0.39 is 0 Å². The first kappa shape index (κ1) is 17.4. The maximum atomic E-state index is 12.2. The molecule has 1 amide bonds. The molecule has 0 radical (unpaired) electrons. The lowest BCUT2D eigenvalue weighted by atomic mass is 10.2. The Bertz CT molecular complexity index is 834. The maximum Gasteiger partial charge on any atom is 0.270 e. The lowest BCUT2D eigenvalue weighted by molar-refractivity contribution is 0.0946. The molecule has 0 bridgehead atoms. The van der Waals surface area contributed by atoms with Crippen molar-refractivity contribution in [1.82, 2.24) is 15.3 Å². The molecule has 0 aliphatic rings. The fourth-order valence-electron chi connectivity index (χ4n) is 2.34. The Morgan fingerprint density at radius 1 is 1.00 bits per heavy atom.